The van der Waals surface area contributed by atoms with Crippen molar-refractivity contribution in [3.63, 3.8) is 0 Å². The average molecular weight is 252 g/mol. The van der Waals surface area contributed by atoms with Crippen molar-refractivity contribution in [1.29, 1.82) is 0 Å². The molecule has 0 aromatic heterocycles. The SMILES string of the molecule is CCCCC1NCN(C2CC(C)CC(C)C2)C1=O. The molecule has 0 spiro atoms. The van der Waals surface area contributed by atoms with Crippen LogP contribution in [0.5, 0.6) is 0 Å². The molecule has 1 amide bonds. The summed E-state index contributed by atoms with van der Waals surface area (Å²) in [6.07, 6.45) is 7.03. The van der Waals surface area contributed by atoms with Crippen molar-refractivity contribution in [2.24, 2.45) is 11.8 Å². The average Bonchev–Trinajstić information content (AvgIpc) is 2.67. The van der Waals surface area contributed by atoms with Crippen molar-refractivity contribution in [3.8, 4) is 0 Å². The van der Waals surface area contributed by atoms with Crippen molar-refractivity contribution in [2.45, 2.75) is 71.4 Å². The summed E-state index contributed by atoms with van der Waals surface area (Å²) in [6, 6.07) is 0.577. The van der Waals surface area contributed by atoms with E-state index in [4.69, 9.17) is 0 Å². The van der Waals surface area contributed by atoms with Gasteiger partial charge in [0, 0.05) is 6.04 Å². The van der Waals surface area contributed by atoms with Crippen molar-refractivity contribution in [1.82, 2.24) is 10.2 Å². The zero-order valence-corrected chi connectivity index (χ0v) is 12.1. The summed E-state index contributed by atoms with van der Waals surface area (Å²) in [5.74, 6) is 1.89. The number of unbranched alkanes of at least 4 members (excludes halogenated alkanes) is 1. The van der Waals surface area contributed by atoms with Gasteiger partial charge in [0.15, 0.2) is 0 Å². The van der Waals surface area contributed by atoms with Crippen molar-refractivity contribution >= 4 is 5.91 Å². The van der Waals surface area contributed by atoms with E-state index >= 15 is 0 Å². The van der Waals surface area contributed by atoms with Crippen molar-refractivity contribution in [3.05, 3.63) is 0 Å². The van der Waals surface area contributed by atoms with E-state index in [0.717, 1.165) is 31.3 Å². The Hall–Kier alpha value is -0.570. The van der Waals surface area contributed by atoms with Crippen LogP contribution in [0.15, 0.2) is 0 Å². The minimum Gasteiger partial charge on any atom is -0.326 e. The second kappa shape index (κ2) is 6.05. The minimum absolute atomic E-state index is 0.0949. The van der Waals surface area contributed by atoms with Crippen LogP contribution in [0.3, 0.4) is 0 Å². The highest BCUT2D eigenvalue weighted by Gasteiger charge is 2.37. The molecule has 3 unspecified atom stereocenters. The van der Waals surface area contributed by atoms with Crippen LogP contribution in [0.1, 0.15) is 59.3 Å². The Bertz CT molecular complexity index is 282. The van der Waals surface area contributed by atoms with Crippen LogP contribution in [0, 0.1) is 11.8 Å². The largest absolute Gasteiger partial charge is 0.326 e. The Morgan fingerprint density at radius 3 is 2.50 bits per heavy atom. The van der Waals surface area contributed by atoms with Gasteiger partial charge in [0.1, 0.15) is 0 Å². The summed E-state index contributed by atoms with van der Waals surface area (Å²) < 4.78 is 0. The van der Waals surface area contributed by atoms with Crippen LogP contribution in [0.2, 0.25) is 0 Å². The maximum Gasteiger partial charge on any atom is 0.241 e. The van der Waals surface area contributed by atoms with Crippen LogP contribution in [0.4, 0.5) is 0 Å². The summed E-state index contributed by atoms with van der Waals surface area (Å²) in [7, 11) is 0. The molecule has 2 fully saturated rings. The van der Waals surface area contributed by atoms with Crippen LogP contribution in [0.25, 0.3) is 0 Å². The molecule has 1 saturated carbocycles. The van der Waals surface area contributed by atoms with Crippen molar-refractivity contribution < 1.29 is 4.79 Å². The Morgan fingerprint density at radius 1 is 1.22 bits per heavy atom. The number of nitrogens with zero attached hydrogens (tertiary/aromatic N) is 1. The normalized spacial score (nSPS) is 37.3. The van der Waals surface area contributed by atoms with E-state index in [0.29, 0.717) is 11.9 Å². The second-order valence-electron chi connectivity index (χ2n) is 6.44. The minimum atomic E-state index is 0.0949. The summed E-state index contributed by atoms with van der Waals surface area (Å²) in [4.78, 5) is 14.5. The summed E-state index contributed by atoms with van der Waals surface area (Å²) in [5, 5.41) is 3.39. The molecule has 1 N–H and O–H groups in total. The van der Waals surface area contributed by atoms with Crippen LogP contribution in [-0.2, 0) is 4.79 Å². The maximum absolute atomic E-state index is 12.4. The van der Waals surface area contributed by atoms with Gasteiger partial charge in [0.25, 0.3) is 0 Å². The molecule has 0 radical (unpaired) electrons. The predicted molar refractivity (Wildman–Crippen MR) is 74.1 cm³/mol. The van der Waals surface area contributed by atoms with Gasteiger partial charge in [-0.1, -0.05) is 33.6 Å². The van der Waals surface area contributed by atoms with E-state index in [9.17, 15) is 4.79 Å². The van der Waals surface area contributed by atoms with Crippen LogP contribution < -0.4 is 5.32 Å². The quantitative estimate of drug-likeness (QED) is 0.834. The zero-order valence-electron chi connectivity index (χ0n) is 12.1. The van der Waals surface area contributed by atoms with Gasteiger partial charge >= 0.3 is 0 Å². The molecule has 3 nitrogen and oxygen atoms in total. The lowest BCUT2D eigenvalue weighted by atomic mass is 9.80. The first-order valence-electron chi connectivity index (χ1n) is 7.65. The smallest absolute Gasteiger partial charge is 0.241 e. The van der Waals surface area contributed by atoms with Gasteiger partial charge in [-0.15, -0.1) is 0 Å². The van der Waals surface area contributed by atoms with Gasteiger partial charge < -0.3 is 4.90 Å². The number of rotatable bonds is 4. The molecule has 2 aliphatic rings. The Kier molecular flexibility index (Phi) is 4.66. The van der Waals surface area contributed by atoms with Gasteiger partial charge in [-0.3, -0.25) is 10.1 Å². The highest BCUT2D eigenvalue weighted by atomic mass is 16.2. The molecular formula is C15H28N2O. The van der Waals surface area contributed by atoms with Gasteiger partial charge in [-0.2, -0.15) is 0 Å². The summed E-state index contributed by atoms with van der Waals surface area (Å²) in [6.45, 7) is 7.61. The third kappa shape index (κ3) is 3.05. The number of hydrogen-bond donors (Lipinski definition) is 1. The monoisotopic (exact) mass is 252 g/mol. The van der Waals surface area contributed by atoms with Crippen LogP contribution in [-0.4, -0.2) is 29.6 Å². The van der Waals surface area contributed by atoms with Crippen molar-refractivity contribution in [2.75, 3.05) is 6.67 Å². The summed E-state index contributed by atoms with van der Waals surface area (Å²) >= 11 is 0. The lowest BCUT2D eigenvalue weighted by Crippen LogP contribution is -2.42. The molecule has 1 heterocycles. The third-order valence-corrected chi connectivity index (χ3v) is 4.53. The standard InChI is InChI=1S/C15H28N2O/c1-4-5-6-14-15(18)17(10-16-14)13-8-11(2)7-12(3)9-13/h11-14,16H,4-10H2,1-3H3. The van der Waals surface area contributed by atoms with E-state index in [1.54, 1.807) is 0 Å². The zero-order chi connectivity index (χ0) is 13.1. The molecular weight excluding hydrogens is 224 g/mol. The Morgan fingerprint density at radius 2 is 1.89 bits per heavy atom. The van der Waals surface area contributed by atoms with E-state index in [1.807, 2.05) is 0 Å². The lowest BCUT2D eigenvalue weighted by Gasteiger charge is -2.36. The topological polar surface area (TPSA) is 32.3 Å². The van der Waals surface area contributed by atoms with Gasteiger partial charge in [-0.25, -0.2) is 0 Å². The van der Waals surface area contributed by atoms with Gasteiger partial charge in [-0.05, 0) is 37.5 Å². The molecule has 3 heteroatoms. The highest BCUT2D eigenvalue weighted by molar-refractivity contribution is 5.84. The van der Waals surface area contributed by atoms with E-state index in [2.05, 4.69) is 31.0 Å². The molecule has 0 aromatic rings. The fraction of sp³-hybridized carbons (Fsp3) is 0.933. The lowest BCUT2D eigenvalue weighted by molar-refractivity contribution is -0.132. The molecule has 2 rings (SSSR count). The second-order valence-corrected chi connectivity index (χ2v) is 6.44. The first-order valence-corrected chi connectivity index (χ1v) is 7.65. The Labute approximate surface area is 111 Å². The number of nitrogens with one attached hydrogen (secondary N) is 1. The van der Waals surface area contributed by atoms with Gasteiger partial charge in [0.2, 0.25) is 5.91 Å². The number of amides is 1. The number of carbonyl (C=O) groups is 1. The number of carbonyl (C=O) groups excluding carboxylic acids is 1. The van der Waals surface area contributed by atoms with Crippen LogP contribution >= 0.6 is 0 Å². The molecule has 1 aliphatic carbocycles. The molecule has 18 heavy (non-hydrogen) atoms. The van der Waals surface area contributed by atoms with E-state index in [-0.39, 0.29) is 6.04 Å². The van der Waals surface area contributed by atoms with E-state index < -0.39 is 0 Å². The fourth-order valence-electron chi connectivity index (χ4n) is 3.68. The first-order chi connectivity index (χ1) is 8.61. The number of hydrogen-bond acceptors (Lipinski definition) is 2. The molecule has 104 valence electrons. The molecule has 0 bridgehead atoms. The molecule has 0 aromatic carbocycles. The third-order valence-electron chi connectivity index (χ3n) is 4.53. The predicted octanol–water partition coefficient (Wildman–Crippen LogP) is 2.76. The molecule has 1 saturated heterocycles. The Balaban J connectivity index is 1.91. The highest BCUT2D eigenvalue weighted by Crippen LogP contribution is 2.32. The maximum atomic E-state index is 12.4. The fourth-order valence-corrected chi connectivity index (χ4v) is 3.68. The molecule has 1 aliphatic heterocycles. The molecule has 3 atom stereocenters. The van der Waals surface area contributed by atoms with Gasteiger partial charge in [0.05, 0.1) is 12.7 Å². The van der Waals surface area contributed by atoms with E-state index in [1.165, 1.54) is 25.7 Å². The first kappa shape index (κ1) is 13.9. The summed E-state index contributed by atoms with van der Waals surface area (Å²) in [5.41, 5.74) is 0.